The maximum Gasteiger partial charge on any atom is 0.333 e. The average molecular weight is 549 g/mol. The summed E-state index contributed by atoms with van der Waals surface area (Å²) < 4.78 is 10.3. The fraction of sp³-hybridized carbons (Fsp3) is 0.818. The summed E-state index contributed by atoms with van der Waals surface area (Å²) in [6.07, 6.45) is 22.8. The molecule has 1 saturated heterocycles. The van der Waals surface area contributed by atoms with Crippen molar-refractivity contribution in [2.75, 3.05) is 46.1 Å². The van der Waals surface area contributed by atoms with Gasteiger partial charge in [0.05, 0.1) is 19.9 Å². The van der Waals surface area contributed by atoms with Gasteiger partial charge < -0.3 is 9.47 Å². The maximum atomic E-state index is 11.3. The zero-order valence-corrected chi connectivity index (χ0v) is 25.6. The van der Waals surface area contributed by atoms with Gasteiger partial charge in [-0.2, -0.15) is 0 Å². The van der Waals surface area contributed by atoms with Gasteiger partial charge in [-0.3, -0.25) is 9.80 Å². The molecule has 0 amide bonds. The molecule has 39 heavy (non-hydrogen) atoms. The molecule has 0 spiro atoms. The highest BCUT2D eigenvalue weighted by atomic mass is 16.5. The summed E-state index contributed by atoms with van der Waals surface area (Å²) >= 11 is 0. The molecule has 1 aliphatic rings. The van der Waals surface area contributed by atoms with Crippen LogP contribution in [-0.4, -0.2) is 67.8 Å². The average Bonchev–Trinajstić information content (AvgIpc) is 3.36. The first-order chi connectivity index (χ1) is 18.9. The Kier molecular flexibility index (Phi) is 21.9. The van der Waals surface area contributed by atoms with Crippen molar-refractivity contribution >= 4 is 11.9 Å². The number of nitrogens with zero attached hydrogens (tertiary/aromatic N) is 2. The number of esters is 2. The molecule has 1 aliphatic heterocycles. The zero-order valence-electron chi connectivity index (χ0n) is 25.6. The molecule has 6 nitrogen and oxygen atoms in total. The zero-order chi connectivity index (χ0) is 28.6. The van der Waals surface area contributed by atoms with Crippen LogP contribution in [0.2, 0.25) is 0 Å². The Balaban J connectivity index is 1.79. The summed E-state index contributed by atoms with van der Waals surface area (Å²) in [7, 11) is 0. The molecular formula is C33H60N2O4. The summed E-state index contributed by atoms with van der Waals surface area (Å²) in [5, 5.41) is 0. The Hall–Kier alpha value is -1.66. The Labute approximate surface area is 240 Å². The van der Waals surface area contributed by atoms with Gasteiger partial charge >= 0.3 is 11.9 Å². The molecule has 1 fully saturated rings. The lowest BCUT2D eigenvalue weighted by Gasteiger charge is -2.18. The second-order valence-corrected chi connectivity index (χ2v) is 11.6. The number of ether oxygens (including phenoxy) is 2. The molecule has 0 aliphatic carbocycles. The summed E-state index contributed by atoms with van der Waals surface area (Å²) in [5.41, 5.74) is 0.966. The van der Waals surface area contributed by atoms with E-state index in [1.165, 1.54) is 123 Å². The molecule has 0 aromatic rings. The molecule has 0 aromatic carbocycles. The molecular weight excluding hydrogens is 488 g/mol. The van der Waals surface area contributed by atoms with Gasteiger partial charge in [-0.15, -0.1) is 0 Å². The molecule has 1 heterocycles. The van der Waals surface area contributed by atoms with Crippen molar-refractivity contribution < 1.29 is 19.1 Å². The number of hydrogen-bond donors (Lipinski definition) is 0. The van der Waals surface area contributed by atoms with E-state index in [0.29, 0.717) is 24.4 Å². The number of hydrogen-bond acceptors (Lipinski definition) is 6. The van der Waals surface area contributed by atoms with Crippen molar-refractivity contribution in [2.45, 2.75) is 129 Å². The van der Waals surface area contributed by atoms with Crippen LogP contribution in [0.4, 0.5) is 0 Å². The number of rotatable bonds is 26. The fourth-order valence-electron chi connectivity index (χ4n) is 5.00. The van der Waals surface area contributed by atoms with Crippen molar-refractivity contribution in [2.24, 2.45) is 0 Å². The first kappa shape index (κ1) is 35.4. The number of carbonyl (C=O) groups excluding carboxylic acids is 2. The second-order valence-electron chi connectivity index (χ2n) is 11.6. The normalized spacial score (nSPS) is 14.0. The molecule has 0 radical (unpaired) electrons. The van der Waals surface area contributed by atoms with Gasteiger partial charge in [0.25, 0.3) is 0 Å². The lowest BCUT2D eigenvalue weighted by atomic mass is 10.1. The number of unbranched alkanes of at least 4 members (excludes halogenated alkanes) is 16. The van der Waals surface area contributed by atoms with E-state index >= 15 is 0 Å². The van der Waals surface area contributed by atoms with E-state index in [1.807, 2.05) is 0 Å². The van der Waals surface area contributed by atoms with Gasteiger partial charge in [0.15, 0.2) is 0 Å². The van der Waals surface area contributed by atoms with E-state index in [0.717, 1.165) is 25.7 Å². The summed E-state index contributed by atoms with van der Waals surface area (Å²) in [4.78, 5) is 27.9. The van der Waals surface area contributed by atoms with Crippen molar-refractivity contribution in [3.63, 3.8) is 0 Å². The van der Waals surface area contributed by atoms with E-state index in [2.05, 4.69) is 23.0 Å². The van der Waals surface area contributed by atoms with Gasteiger partial charge in [-0.05, 0) is 52.6 Å². The van der Waals surface area contributed by atoms with E-state index in [1.54, 1.807) is 13.8 Å². The van der Waals surface area contributed by atoms with Crippen molar-refractivity contribution in [1.29, 1.82) is 0 Å². The predicted octanol–water partition coefficient (Wildman–Crippen LogP) is 7.82. The first-order valence-electron chi connectivity index (χ1n) is 16.0. The summed E-state index contributed by atoms with van der Waals surface area (Å²) in [6, 6.07) is 0. The maximum absolute atomic E-state index is 11.3. The smallest absolute Gasteiger partial charge is 0.333 e. The third-order valence-corrected chi connectivity index (χ3v) is 7.53. The van der Waals surface area contributed by atoms with Gasteiger partial charge in [-0.25, -0.2) is 9.59 Å². The van der Waals surface area contributed by atoms with Crippen LogP contribution in [0.25, 0.3) is 0 Å². The molecule has 0 saturated carbocycles. The second kappa shape index (κ2) is 24.2. The van der Waals surface area contributed by atoms with Crippen molar-refractivity contribution in [3.05, 3.63) is 24.3 Å². The Bertz CT molecular complexity index is 623. The molecule has 0 unspecified atom stereocenters. The van der Waals surface area contributed by atoms with Gasteiger partial charge in [0.1, 0.15) is 0 Å². The minimum Gasteiger partial charge on any atom is -0.462 e. The van der Waals surface area contributed by atoms with Crippen molar-refractivity contribution in [3.8, 4) is 0 Å². The summed E-state index contributed by atoms with van der Waals surface area (Å²) in [6.45, 7) is 17.8. The molecule has 0 atom stereocenters. The lowest BCUT2D eigenvalue weighted by Crippen LogP contribution is -2.27. The van der Waals surface area contributed by atoms with Crippen LogP contribution < -0.4 is 0 Å². The van der Waals surface area contributed by atoms with E-state index in [4.69, 9.17) is 9.47 Å². The molecule has 1 rings (SSSR count). The van der Waals surface area contributed by atoms with Gasteiger partial charge in [-0.1, -0.05) is 103 Å². The highest BCUT2D eigenvalue weighted by molar-refractivity contribution is 5.87. The molecule has 6 heteroatoms. The predicted molar refractivity (Wildman–Crippen MR) is 163 cm³/mol. The van der Waals surface area contributed by atoms with E-state index in [-0.39, 0.29) is 11.9 Å². The molecule has 0 aromatic heterocycles. The van der Waals surface area contributed by atoms with Crippen LogP contribution in [0.1, 0.15) is 129 Å². The minimum absolute atomic E-state index is 0.264. The summed E-state index contributed by atoms with van der Waals surface area (Å²) in [5.74, 6) is -0.527. The Morgan fingerprint density at radius 2 is 0.795 bits per heavy atom. The van der Waals surface area contributed by atoms with E-state index in [9.17, 15) is 9.59 Å². The van der Waals surface area contributed by atoms with Crippen LogP contribution in [-0.2, 0) is 19.1 Å². The third-order valence-electron chi connectivity index (χ3n) is 7.53. The van der Waals surface area contributed by atoms with Crippen LogP contribution in [0.15, 0.2) is 24.3 Å². The molecule has 226 valence electrons. The van der Waals surface area contributed by atoms with Crippen LogP contribution in [0.3, 0.4) is 0 Å². The third kappa shape index (κ3) is 20.8. The van der Waals surface area contributed by atoms with Gasteiger partial charge in [0.2, 0.25) is 0 Å². The minimum atomic E-state index is -0.264. The topological polar surface area (TPSA) is 59.1 Å². The monoisotopic (exact) mass is 548 g/mol. The fourth-order valence-corrected chi connectivity index (χ4v) is 5.00. The van der Waals surface area contributed by atoms with E-state index < -0.39 is 0 Å². The molecule has 0 bridgehead atoms. The SMILES string of the molecule is C=C(C)C(=O)OCCCCCCCCCCCN1CCN(CCCCCCCCCCCOC(=O)C(=C)C)C1. The first-order valence-corrected chi connectivity index (χ1v) is 16.0. The molecule has 0 N–H and O–H groups in total. The van der Waals surface area contributed by atoms with Gasteiger partial charge in [0, 0.05) is 24.2 Å². The highest BCUT2D eigenvalue weighted by Gasteiger charge is 2.18. The number of carbonyl (C=O) groups is 2. The highest BCUT2D eigenvalue weighted by Crippen LogP contribution is 2.14. The van der Waals surface area contributed by atoms with Crippen LogP contribution in [0.5, 0.6) is 0 Å². The largest absolute Gasteiger partial charge is 0.462 e. The lowest BCUT2D eigenvalue weighted by molar-refractivity contribution is -0.139. The standard InChI is InChI=1S/C33H60N2O4/c1-30(2)32(36)38-27-21-17-13-9-5-7-11-15-19-23-34-25-26-35(29-34)24-20-16-12-8-6-10-14-18-22-28-39-33(37)31(3)4/h1,3,5-29H2,2,4H3. The van der Waals surface area contributed by atoms with Crippen LogP contribution >= 0.6 is 0 Å². The quantitative estimate of drug-likeness (QED) is 0.0624. The van der Waals surface area contributed by atoms with Crippen molar-refractivity contribution in [1.82, 2.24) is 9.80 Å². The Morgan fingerprint density at radius 1 is 0.513 bits per heavy atom. The Morgan fingerprint density at radius 3 is 1.10 bits per heavy atom. The van der Waals surface area contributed by atoms with Crippen LogP contribution in [0, 0.1) is 0 Å².